The van der Waals surface area contributed by atoms with Crippen molar-refractivity contribution >= 4 is 33.4 Å². The molecule has 0 aliphatic carbocycles. The summed E-state index contributed by atoms with van der Waals surface area (Å²) in [5.41, 5.74) is 1.45. The van der Waals surface area contributed by atoms with Crippen LogP contribution >= 0.6 is 11.8 Å². The molecule has 0 radical (unpaired) electrons. The third-order valence-electron chi connectivity index (χ3n) is 4.77. The zero-order valence-corrected chi connectivity index (χ0v) is 19.6. The molecular formula is C23H20F3NO5S2. The molecule has 2 N–H and O–H groups in total. The summed E-state index contributed by atoms with van der Waals surface area (Å²) in [5, 5.41) is 9.38. The predicted molar refractivity (Wildman–Crippen MR) is 123 cm³/mol. The molecule has 3 aromatic rings. The van der Waals surface area contributed by atoms with Gasteiger partial charge in [-0.05, 0) is 73.0 Å². The lowest BCUT2D eigenvalue weighted by Gasteiger charge is -2.14. The Morgan fingerprint density at radius 2 is 1.74 bits per heavy atom. The van der Waals surface area contributed by atoms with E-state index in [4.69, 9.17) is 0 Å². The number of sulfonamides is 1. The molecular weight excluding hydrogens is 491 g/mol. The third kappa shape index (κ3) is 6.45. The topological polar surface area (TPSA) is 92.7 Å². The van der Waals surface area contributed by atoms with Gasteiger partial charge in [0.05, 0.1) is 10.5 Å². The number of thioether (sulfide) groups is 1. The van der Waals surface area contributed by atoms with Gasteiger partial charge in [-0.2, -0.15) is 0 Å². The minimum absolute atomic E-state index is 0.0562. The Kier molecular flexibility index (Phi) is 7.47. The summed E-state index contributed by atoms with van der Waals surface area (Å²) in [6.45, 7) is 3.04. The predicted octanol–water partition coefficient (Wildman–Crippen LogP) is 5.99. The van der Waals surface area contributed by atoms with Crippen molar-refractivity contribution in [3.05, 3.63) is 82.9 Å². The Morgan fingerprint density at radius 1 is 1.06 bits per heavy atom. The average molecular weight is 512 g/mol. The van der Waals surface area contributed by atoms with Crippen molar-refractivity contribution in [1.82, 2.24) is 0 Å². The number of ether oxygens (including phenoxy) is 1. The number of alkyl halides is 3. The first-order valence-corrected chi connectivity index (χ1v) is 12.3. The van der Waals surface area contributed by atoms with Crippen LogP contribution in [0.4, 0.5) is 18.9 Å². The molecule has 3 aromatic carbocycles. The first kappa shape index (κ1) is 25.4. The van der Waals surface area contributed by atoms with Crippen molar-refractivity contribution < 1.29 is 36.2 Å². The van der Waals surface area contributed by atoms with Gasteiger partial charge >= 0.3 is 12.3 Å². The van der Waals surface area contributed by atoms with E-state index in [9.17, 15) is 31.5 Å². The number of hydrogen-bond acceptors (Lipinski definition) is 5. The summed E-state index contributed by atoms with van der Waals surface area (Å²) < 4.78 is 69.2. The lowest BCUT2D eigenvalue weighted by molar-refractivity contribution is -0.274. The molecule has 0 atom stereocenters. The van der Waals surface area contributed by atoms with Crippen molar-refractivity contribution in [3.63, 3.8) is 0 Å². The van der Waals surface area contributed by atoms with Crippen LogP contribution in [0.3, 0.4) is 0 Å². The minimum Gasteiger partial charge on any atom is -0.478 e. The Hall–Kier alpha value is -3.18. The lowest BCUT2D eigenvalue weighted by atomic mass is 10.0. The number of rotatable bonds is 8. The van der Waals surface area contributed by atoms with E-state index in [0.29, 0.717) is 16.9 Å². The molecule has 34 heavy (non-hydrogen) atoms. The first-order valence-electron chi connectivity index (χ1n) is 9.79. The van der Waals surface area contributed by atoms with Gasteiger partial charge in [-0.25, -0.2) is 13.2 Å². The number of aromatic carboxylic acids is 1. The van der Waals surface area contributed by atoms with Crippen LogP contribution in [0.1, 0.15) is 27.0 Å². The molecule has 0 heterocycles. The standard InChI is InChI=1S/C23H20F3NO5S2/c1-14-6-11-20(15(2)21(14)22(28)29)34(30,31)27-17-7-9-19(10-8-17)33-13-16-4-3-5-18(12-16)32-23(24,25)26/h3-12,27H,13H2,1-2H3,(H,28,29). The lowest BCUT2D eigenvalue weighted by Crippen LogP contribution is -2.17. The summed E-state index contributed by atoms with van der Waals surface area (Å²) in [7, 11) is -4.03. The van der Waals surface area contributed by atoms with E-state index >= 15 is 0 Å². The van der Waals surface area contributed by atoms with Crippen LogP contribution in [-0.4, -0.2) is 25.9 Å². The molecule has 0 aromatic heterocycles. The van der Waals surface area contributed by atoms with E-state index < -0.39 is 22.4 Å². The summed E-state index contributed by atoms with van der Waals surface area (Å²) in [5.74, 6) is -1.13. The van der Waals surface area contributed by atoms with Gasteiger partial charge < -0.3 is 9.84 Å². The van der Waals surface area contributed by atoms with E-state index in [0.717, 1.165) is 4.90 Å². The number of hydrogen-bond donors (Lipinski definition) is 2. The quantitative estimate of drug-likeness (QED) is 0.361. The summed E-state index contributed by atoms with van der Waals surface area (Å²) >= 11 is 1.35. The highest BCUT2D eigenvalue weighted by Crippen LogP contribution is 2.29. The van der Waals surface area contributed by atoms with Crippen molar-refractivity contribution in [2.45, 2.75) is 35.8 Å². The number of benzene rings is 3. The highest BCUT2D eigenvalue weighted by atomic mass is 32.2. The second-order valence-corrected chi connectivity index (χ2v) is 10.00. The van der Waals surface area contributed by atoms with E-state index in [1.165, 1.54) is 49.0 Å². The Morgan fingerprint density at radius 3 is 2.35 bits per heavy atom. The Labute approximate surface area is 198 Å². The largest absolute Gasteiger partial charge is 0.573 e. The van der Waals surface area contributed by atoms with Crippen LogP contribution in [0.25, 0.3) is 0 Å². The molecule has 3 rings (SSSR count). The fourth-order valence-electron chi connectivity index (χ4n) is 3.28. The third-order valence-corrected chi connectivity index (χ3v) is 7.38. The van der Waals surface area contributed by atoms with Gasteiger partial charge in [-0.1, -0.05) is 18.2 Å². The zero-order valence-electron chi connectivity index (χ0n) is 18.0. The van der Waals surface area contributed by atoms with Gasteiger partial charge in [0.15, 0.2) is 0 Å². The molecule has 0 saturated heterocycles. The highest BCUT2D eigenvalue weighted by molar-refractivity contribution is 7.98. The van der Waals surface area contributed by atoms with Crippen molar-refractivity contribution in [3.8, 4) is 5.75 Å². The molecule has 0 aliphatic heterocycles. The molecule has 6 nitrogen and oxygen atoms in total. The van der Waals surface area contributed by atoms with Crippen molar-refractivity contribution in [1.29, 1.82) is 0 Å². The number of halogens is 3. The molecule has 180 valence electrons. The molecule has 0 spiro atoms. The normalized spacial score (nSPS) is 11.8. The zero-order chi connectivity index (χ0) is 25.1. The summed E-state index contributed by atoms with van der Waals surface area (Å²) in [4.78, 5) is 12.1. The highest BCUT2D eigenvalue weighted by Gasteiger charge is 2.31. The van der Waals surface area contributed by atoms with Crippen LogP contribution in [0.5, 0.6) is 5.75 Å². The first-order chi connectivity index (χ1) is 15.9. The van der Waals surface area contributed by atoms with Crippen LogP contribution in [0.2, 0.25) is 0 Å². The summed E-state index contributed by atoms with van der Waals surface area (Å²) in [6.07, 6.45) is -4.76. The van der Waals surface area contributed by atoms with Crippen molar-refractivity contribution in [2.24, 2.45) is 0 Å². The number of anilines is 1. The molecule has 0 saturated carbocycles. The molecule has 0 amide bonds. The van der Waals surface area contributed by atoms with Crippen LogP contribution in [-0.2, 0) is 15.8 Å². The molecule has 11 heteroatoms. The van der Waals surface area contributed by atoms with E-state index in [2.05, 4.69) is 9.46 Å². The fraction of sp³-hybridized carbons (Fsp3) is 0.174. The van der Waals surface area contributed by atoms with Crippen molar-refractivity contribution in [2.75, 3.05) is 4.72 Å². The average Bonchev–Trinajstić information content (AvgIpc) is 2.71. The second kappa shape index (κ2) is 9.98. The SMILES string of the molecule is Cc1ccc(S(=O)(=O)Nc2ccc(SCc3cccc(OC(F)(F)F)c3)cc2)c(C)c1C(=O)O. The summed E-state index contributed by atoms with van der Waals surface area (Å²) in [6, 6.07) is 14.9. The number of carboxylic acid groups (broad SMARTS) is 1. The Bertz CT molecular complexity index is 1310. The Balaban J connectivity index is 1.69. The monoisotopic (exact) mass is 511 g/mol. The number of nitrogens with one attached hydrogen (secondary N) is 1. The number of aryl methyl sites for hydroxylation is 1. The van der Waals surface area contributed by atoms with Gasteiger partial charge in [-0.15, -0.1) is 24.9 Å². The smallest absolute Gasteiger partial charge is 0.478 e. The maximum Gasteiger partial charge on any atom is 0.573 e. The maximum absolute atomic E-state index is 12.8. The fourth-order valence-corrected chi connectivity index (χ4v) is 5.43. The second-order valence-electron chi connectivity index (χ2n) is 7.30. The van der Waals surface area contributed by atoms with E-state index in [1.807, 2.05) is 0 Å². The van der Waals surface area contributed by atoms with Gasteiger partial charge in [0.2, 0.25) is 0 Å². The molecule has 0 bridgehead atoms. The van der Waals surface area contributed by atoms with E-state index in [1.54, 1.807) is 37.3 Å². The van der Waals surface area contributed by atoms with Gasteiger partial charge in [-0.3, -0.25) is 4.72 Å². The molecule has 0 fully saturated rings. The number of carboxylic acids is 1. The molecule has 0 unspecified atom stereocenters. The number of carbonyl (C=O) groups is 1. The maximum atomic E-state index is 12.8. The van der Waals surface area contributed by atoms with Gasteiger partial charge in [0.1, 0.15) is 5.75 Å². The van der Waals surface area contributed by atoms with Crippen LogP contribution in [0.15, 0.2) is 70.5 Å². The molecule has 0 aliphatic rings. The van der Waals surface area contributed by atoms with E-state index in [-0.39, 0.29) is 27.5 Å². The van der Waals surface area contributed by atoms with Gasteiger partial charge in [0.25, 0.3) is 10.0 Å². The van der Waals surface area contributed by atoms with Crippen LogP contribution < -0.4 is 9.46 Å². The van der Waals surface area contributed by atoms with Crippen LogP contribution in [0, 0.1) is 13.8 Å². The minimum atomic E-state index is -4.76. The van der Waals surface area contributed by atoms with Gasteiger partial charge in [0, 0.05) is 16.3 Å².